The third-order valence-corrected chi connectivity index (χ3v) is 5.90. The number of hydrogen-bond acceptors (Lipinski definition) is 8. The topological polar surface area (TPSA) is 85.4 Å². The molecule has 0 atom stereocenters. The summed E-state index contributed by atoms with van der Waals surface area (Å²) in [6.07, 6.45) is 2.99. The van der Waals surface area contributed by atoms with E-state index in [1.165, 1.54) is 23.1 Å². The number of carbonyl (C=O) groups excluding carboxylic acids is 1. The minimum atomic E-state index is -0.00626. The largest absolute Gasteiger partial charge is 0.486 e. The van der Waals surface area contributed by atoms with Gasteiger partial charge in [0.15, 0.2) is 15.8 Å². The van der Waals surface area contributed by atoms with Crippen LogP contribution in [-0.2, 0) is 11.2 Å². The van der Waals surface area contributed by atoms with Crippen molar-refractivity contribution >= 4 is 34.1 Å². The number of hydrogen-bond donors (Lipinski definition) is 2. The van der Waals surface area contributed by atoms with Gasteiger partial charge in [-0.25, -0.2) is 0 Å². The van der Waals surface area contributed by atoms with Crippen molar-refractivity contribution in [3.05, 3.63) is 23.8 Å². The number of aromatic nitrogens is 2. The van der Waals surface area contributed by atoms with E-state index in [1.54, 1.807) is 0 Å². The summed E-state index contributed by atoms with van der Waals surface area (Å²) < 4.78 is 11.9. The maximum absolute atomic E-state index is 12.0. The molecule has 3 rings (SSSR count). The number of anilines is 1. The van der Waals surface area contributed by atoms with E-state index >= 15 is 0 Å². The summed E-state index contributed by atoms with van der Waals surface area (Å²) in [6, 6.07) is 5.90. The molecule has 0 aliphatic carbocycles. The van der Waals surface area contributed by atoms with Crippen LogP contribution in [0.15, 0.2) is 22.5 Å². The molecule has 0 saturated carbocycles. The molecule has 0 saturated heterocycles. The van der Waals surface area contributed by atoms with E-state index < -0.39 is 0 Å². The number of unbranched alkanes of at least 4 members (excludes halogenated alkanes) is 1. The summed E-state index contributed by atoms with van der Waals surface area (Å²) >= 11 is 2.89. The molecule has 1 aliphatic heterocycles. The summed E-state index contributed by atoms with van der Waals surface area (Å²) in [6.45, 7) is 4.79. The third-order valence-electron chi connectivity index (χ3n) is 3.88. The lowest BCUT2D eigenvalue weighted by Gasteiger charge is -2.18. The maximum Gasteiger partial charge on any atom is 0.230 e. The number of nitrogens with one attached hydrogen (secondary N) is 2. The molecule has 0 bridgehead atoms. The Morgan fingerprint density at radius 3 is 2.93 bits per heavy atom. The van der Waals surface area contributed by atoms with Gasteiger partial charge in [0.05, 0.1) is 5.75 Å². The Balaban J connectivity index is 1.35. The van der Waals surface area contributed by atoms with Gasteiger partial charge in [0.25, 0.3) is 0 Å². The Morgan fingerprint density at radius 1 is 1.22 bits per heavy atom. The van der Waals surface area contributed by atoms with Crippen molar-refractivity contribution in [1.82, 2.24) is 15.5 Å². The van der Waals surface area contributed by atoms with Crippen molar-refractivity contribution in [3.63, 3.8) is 0 Å². The van der Waals surface area contributed by atoms with E-state index in [2.05, 4.69) is 27.8 Å². The lowest BCUT2D eigenvalue weighted by Crippen LogP contribution is -2.27. The van der Waals surface area contributed by atoms with Crippen molar-refractivity contribution in [1.29, 1.82) is 0 Å². The van der Waals surface area contributed by atoms with Gasteiger partial charge in [-0.1, -0.05) is 42.5 Å². The number of thioether (sulfide) groups is 1. The van der Waals surface area contributed by atoms with Crippen LogP contribution in [0.2, 0.25) is 0 Å². The zero-order valence-electron chi connectivity index (χ0n) is 15.3. The molecule has 2 aromatic rings. The average Bonchev–Trinajstić information content (AvgIpc) is 3.14. The van der Waals surface area contributed by atoms with Gasteiger partial charge in [0.2, 0.25) is 11.0 Å². The van der Waals surface area contributed by atoms with Crippen LogP contribution in [0.3, 0.4) is 0 Å². The standard InChI is InChI=1S/C18H24N4O3S2/c1-2-3-7-20-17-21-22-18(27-17)26-12-16(23)19-8-6-13-4-5-14-15(11-13)25-10-9-24-14/h4-5,11H,2-3,6-10,12H2,1H3,(H,19,23)(H,20,21). The van der Waals surface area contributed by atoms with Crippen LogP contribution in [-0.4, -0.2) is 48.2 Å². The van der Waals surface area contributed by atoms with E-state index in [9.17, 15) is 4.79 Å². The molecular weight excluding hydrogens is 384 g/mol. The third kappa shape index (κ3) is 6.28. The molecule has 0 unspecified atom stereocenters. The van der Waals surface area contributed by atoms with Gasteiger partial charge < -0.3 is 20.1 Å². The molecule has 9 heteroatoms. The van der Waals surface area contributed by atoms with Gasteiger partial charge in [-0.3, -0.25) is 4.79 Å². The second-order valence-corrected chi connectivity index (χ2v) is 8.22. The summed E-state index contributed by atoms with van der Waals surface area (Å²) in [5.74, 6) is 1.89. The summed E-state index contributed by atoms with van der Waals surface area (Å²) in [5.41, 5.74) is 1.11. The van der Waals surface area contributed by atoms with Crippen molar-refractivity contribution in [3.8, 4) is 11.5 Å². The second kappa shape index (κ2) is 10.4. The molecular formula is C18H24N4O3S2. The lowest BCUT2D eigenvalue weighted by atomic mass is 10.1. The van der Waals surface area contributed by atoms with Crippen molar-refractivity contribution in [2.45, 2.75) is 30.5 Å². The van der Waals surface area contributed by atoms with Crippen LogP contribution in [0.1, 0.15) is 25.3 Å². The number of rotatable bonds is 10. The van der Waals surface area contributed by atoms with Gasteiger partial charge in [-0.2, -0.15) is 0 Å². The summed E-state index contributed by atoms with van der Waals surface area (Å²) in [4.78, 5) is 12.0. The zero-order valence-corrected chi connectivity index (χ0v) is 17.0. The van der Waals surface area contributed by atoms with Crippen LogP contribution in [0, 0.1) is 0 Å². The Morgan fingerprint density at radius 2 is 2.07 bits per heavy atom. The Kier molecular flexibility index (Phi) is 7.58. The number of carbonyl (C=O) groups is 1. The quantitative estimate of drug-likeness (QED) is 0.462. The highest BCUT2D eigenvalue weighted by atomic mass is 32.2. The number of benzene rings is 1. The first kappa shape index (κ1) is 19.8. The summed E-state index contributed by atoms with van der Waals surface area (Å²) in [5, 5.41) is 15.2. The number of nitrogens with zero attached hydrogens (tertiary/aromatic N) is 2. The summed E-state index contributed by atoms with van der Waals surface area (Å²) in [7, 11) is 0. The minimum absolute atomic E-state index is 0.00626. The molecule has 7 nitrogen and oxygen atoms in total. The van der Waals surface area contributed by atoms with E-state index in [-0.39, 0.29) is 5.91 Å². The molecule has 2 N–H and O–H groups in total. The van der Waals surface area contributed by atoms with E-state index in [4.69, 9.17) is 9.47 Å². The first-order chi connectivity index (χ1) is 13.2. The van der Waals surface area contributed by atoms with Crippen LogP contribution < -0.4 is 20.1 Å². The molecule has 2 heterocycles. The van der Waals surface area contributed by atoms with Gasteiger partial charge >= 0.3 is 0 Å². The van der Waals surface area contributed by atoms with Gasteiger partial charge in [-0.15, -0.1) is 10.2 Å². The monoisotopic (exact) mass is 408 g/mol. The molecule has 1 aromatic carbocycles. The number of amides is 1. The highest BCUT2D eigenvalue weighted by Crippen LogP contribution is 2.30. The van der Waals surface area contributed by atoms with E-state index in [0.29, 0.717) is 25.5 Å². The molecule has 0 spiro atoms. The van der Waals surface area contributed by atoms with Gasteiger partial charge in [0, 0.05) is 13.1 Å². The lowest BCUT2D eigenvalue weighted by molar-refractivity contribution is -0.118. The average molecular weight is 409 g/mol. The van der Waals surface area contributed by atoms with Crippen molar-refractivity contribution < 1.29 is 14.3 Å². The van der Waals surface area contributed by atoms with Crippen LogP contribution in [0.5, 0.6) is 11.5 Å². The van der Waals surface area contributed by atoms with Crippen molar-refractivity contribution in [2.24, 2.45) is 0 Å². The Bertz CT molecular complexity index is 754. The Hall–Kier alpha value is -2.00. The fraction of sp³-hybridized carbons (Fsp3) is 0.500. The molecule has 0 radical (unpaired) electrons. The fourth-order valence-corrected chi connectivity index (χ4v) is 4.09. The number of fused-ring (bicyclic) bond motifs is 1. The molecule has 1 amide bonds. The van der Waals surface area contributed by atoms with Crippen LogP contribution >= 0.6 is 23.1 Å². The predicted molar refractivity (Wildman–Crippen MR) is 108 cm³/mol. The second-order valence-electron chi connectivity index (χ2n) is 6.02. The van der Waals surface area contributed by atoms with Crippen molar-refractivity contribution in [2.75, 3.05) is 37.4 Å². The first-order valence-corrected chi connectivity index (χ1v) is 10.9. The highest BCUT2D eigenvalue weighted by Gasteiger charge is 2.12. The molecule has 0 fully saturated rings. The predicted octanol–water partition coefficient (Wildman–Crippen LogP) is 2.97. The van der Waals surface area contributed by atoms with E-state index in [0.717, 1.165) is 52.3 Å². The van der Waals surface area contributed by atoms with Gasteiger partial charge in [0.1, 0.15) is 13.2 Å². The molecule has 1 aliphatic rings. The van der Waals surface area contributed by atoms with Crippen LogP contribution in [0.4, 0.5) is 5.13 Å². The first-order valence-electron chi connectivity index (χ1n) is 9.10. The number of ether oxygens (including phenoxy) is 2. The molecule has 146 valence electrons. The smallest absolute Gasteiger partial charge is 0.230 e. The fourth-order valence-electron chi connectivity index (χ4n) is 2.48. The Labute approximate surface area is 167 Å². The minimum Gasteiger partial charge on any atom is -0.486 e. The zero-order chi connectivity index (χ0) is 18.9. The van der Waals surface area contributed by atoms with Crippen LogP contribution in [0.25, 0.3) is 0 Å². The normalized spacial score (nSPS) is 12.6. The highest BCUT2D eigenvalue weighted by molar-refractivity contribution is 8.01. The maximum atomic E-state index is 12.0. The van der Waals surface area contributed by atoms with Gasteiger partial charge in [-0.05, 0) is 30.5 Å². The molecule has 1 aromatic heterocycles. The SMILES string of the molecule is CCCCNc1nnc(SCC(=O)NCCc2ccc3c(c2)OCCO3)s1. The van der Waals surface area contributed by atoms with E-state index in [1.807, 2.05) is 18.2 Å². The molecule has 27 heavy (non-hydrogen) atoms.